The third kappa shape index (κ3) is 2.97. The Kier molecular flexibility index (Phi) is 3.77. The van der Waals surface area contributed by atoms with E-state index in [-0.39, 0.29) is 6.10 Å². The summed E-state index contributed by atoms with van der Waals surface area (Å²) in [5.41, 5.74) is 0. The van der Waals surface area contributed by atoms with Crippen LogP contribution in [0.5, 0.6) is 0 Å². The molecule has 2 atom stereocenters. The number of rotatable bonds is 4. The van der Waals surface area contributed by atoms with Crippen LogP contribution in [0.25, 0.3) is 0 Å². The Balaban J connectivity index is 2.43. The summed E-state index contributed by atoms with van der Waals surface area (Å²) in [6.45, 7) is 6.66. The number of nitrogens with one attached hydrogen (secondary N) is 1. The van der Waals surface area contributed by atoms with Crippen LogP contribution in [-0.4, -0.2) is 38.9 Å². The van der Waals surface area contributed by atoms with Crippen LogP contribution < -0.4 is 5.32 Å². The first-order chi connectivity index (χ1) is 6.09. The Morgan fingerprint density at radius 2 is 2.31 bits per heavy atom. The maximum Gasteiger partial charge on any atom is 0.163 e. The van der Waals surface area contributed by atoms with Gasteiger partial charge in [0.05, 0.1) is 12.7 Å². The summed E-state index contributed by atoms with van der Waals surface area (Å²) in [4.78, 5) is 0. The van der Waals surface area contributed by atoms with Gasteiger partial charge in [-0.15, -0.1) is 0 Å². The lowest BCUT2D eigenvalue weighted by Gasteiger charge is -2.23. The molecule has 0 spiro atoms. The first-order valence-electron chi connectivity index (χ1n) is 4.86. The van der Waals surface area contributed by atoms with Crippen molar-refractivity contribution < 1.29 is 9.47 Å². The minimum Gasteiger partial charge on any atom is -0.348 e. The minimum atomic E-state index is -0.409. The van der Waals surface area contributed by atoms with Crippen LogP contribution in [0.1, 0.15) is 13.8 Å². The van der Waals surface area contributed by atoms with E-state index in [0.717, 1.165) is 6.32 Å². The van der Waals surface area contributed by atoms with Gasteiger partial charge in [-0.05, 0) is 20.9 Å². The molecule has 2 unspecified atom stereocenters. The minimum absolute atomic E-state index is 0.177. The van der Waals surface area contributed by atoms with Crippen LogP contribution in [0, 0.1) is 0 Å². The Morgan fingerprint density at radius 1 is 1.62 bits per heavy atom. The van der Waals surface area contributed by atoms with Gasteiger partial charge in [0, 0.05) is 6.04 Å². The molecule has 3 nitrogen and oxygen atoms in total. The summed E-state index contributed by atoms with van der Waals surface area (Å²) in [6, 6.07) is 0.367. The van der Waals surface area contributed by atoms with Gasteiger partial charge < -0.3 is 14.8 Å². The summed E-state index contributed by atoms with van der Waals surface area (Å²) in [7, 11) is 4.11. The van der Waals surface area contributed by atoms with E-state index in [2.05, 4.69) is 19.4 Å². The van der Waals surface area contributed by atoms with Gasteiger partial charge in [0.2, 0.25) is 0 Å². The van der Waals surface area contributed by atoms with Gasteiger partial charge in [-0.1, -0.05) is 13.1 Å². The first-order valence-corrected chi connectivity index (χ1v) is 4.86. The summed E-state index contributed by atoms with van der Waals surface area (Å²) >= 11 is 0. The highest BCUT2D eigenvalue weighted by Crippen LogP contribution is 2.24. The van der Waals surface area contributed by atoms with Gasteiger partial charge in [0.25, 0.3) is 0 Å². The van der Waals surface area contributed by atoms with Crippen molar-refractivity contribution in [2.24, 2.45) is 0 Å². The quantitative estimate of drug-likeness (QED) is 0.658. The van der Waals surface area contributed by atoms with E-state index in [1.165, 1.54) is 0 Å². The number of likely N-dealkylation sites (N-methyl/N-ethyl adjacent to an activating group) is 1. The van der Waals surface area contributed by atoms with Crippen LogP contribution in [0.4, 0.5) is 0 Å². The molecule has 1 rings (SSSR count). The molecule has 13 heavy (non-hydrogen) atoms. The zero-order chi connectivity index (χ0) is 9.90. The van der Waals surface area contributed by atoms with E-state index in [1.54, 1.807) is 0 Å². The molecule has 1 fully saturated rings. The Labute approximate surface area is 81.4 Å². The third-order valence-electron chi connectivity index (χ3n) is 2.34. The maximum absolute atomic E-state index is 5.75. The lowest BCUT2D eigenvalue weighted by Crippen LogP contribution is -2.40. The van der Waals surface area contributed by atoms with Crippen molar-refractivity contribution in [3.8, 4) is 0 Å². The van der Waals surface area contributed by atoms with Crippen molar-refractivity contribution in [2.45, 2.75) is 44.9 Å². The molecular weight excluding hydrogens is 165 g/mol. The van der Waals surface area contributed by atoms with Crippen molar-refractivity contribution in [1.82, 2.24) is 5.32 Å². The van der Waals surface area contributed by atoms with Gasteiger partial charge in [-0.25, -0.2) is 0 Å². The first kappa shape index (κ1) is 11.0. The molecule has 1 radical (unpaired) electrons. The fraction of sp³-hybridized carbons (Fsp3) is 1.00. The summed E-state index contributed by atoms with van der Waals surface area (Å²) in [5.74, 6) is -0.409. The fourth-order valence-electron chi connectivity index (χ4n) is 1.62. The van der Waals surface area contributed by atoms with Crippen LogP contribution in [-0.2, 0) is 9.47 Å². The second kappa shape index (κ2) is 4.44. The molecular formula is C9H19BNO2. The van der Waals surface area contributed by atoms with E-state index in [4.69, 9.17) is 9.47 Å². The molecule has 1 aliphatic rings. The molecule has 0 saturated carbocycles. The SMILES string of the molecule is C[B]CC(NC)C1COC(C)(C)O1. The second-order valence-corrected chi connectivity index (χ2v) is 3.91. The topological polar surface area (TPSA) is 30.5 Å². The van der Waals surface area contributed by atoms with E-state index < -0.39 is 5.79 Å². The van der Waals surface area contributed by atoms with Gasteiger partial charge in [0.1, 0.15) is 7.28 Å². The molecule has 0 bridgehead atoms. The van der Waals surface area contributed by atoms with Gasteiger partial charge >= 0.3 is 0 Å². The normalized spacial score (nSPS) is 28.8. The summed E-state index contributed by atoms with van der Waals surface area (Å²) in [6.07, 6.45) is 1.19. The highest BCUT2D eigenvalue weighted by molar-refractivity contribution is 6.33. The Morgan fingerprint density at radius 3 is 2.69 bits per heavy atom. The molecule has 0 aromatic carbocycles. The molecule has 0 aliphatic carbocycles. The highest BCUT2D eigenvalue weighted by atomic mass is 16.7. The van der Waals surface area contributed by atoms with E-state index >= 15 is 0 Å². The molecule has 0 aromatic rings. The Hall–Kier alpha value is -0.0551. The zero-order valence-electron chi connectivity index (χ0n) is 8.96. The van der Waals surface area contributed by atoms with Gasteiger partial charge in [-0.2, -0.15) is 0 Å². The number of hydrogen-bond donors (Lipinski definition) is 1. The van der Waals surface area contributed by atoms with Crippen molar-refractivity contribution in [3.05, 3.63) is 0 Å². The van der Waals surface area contributed by atoms with Crippen molar-refractivity contribution in [3.63, 3.8) is 0 Å². The fourth-order valence-corrected chi connectivity index (χ4v) is 1.62. The summed E-state index contributed by atoms with van der Waals surface area (Å²) < 4.78 is 11.3. The van der Waals surface area contributed by atoms with Crippen LogP contribution >= 0.6 is 0 Å². The molecule has 0 amide bonds. The molecule has 1 saturated heterocycles. The lowest BCUT2D eigenvalue weighted by atomic mass is 9.73. The van der Waals surface area contributed by atoms with Gasteiger partial charge in [0.15, 0.2) is 5.79 Å². The molecule has 75 valence electrons. The number of ether oxygens (including phenoxy) is 2. The predicted octanol–water partition coefficient (Wildman–Crippen LogP) is 0.896. The molecule has 4 heteroatoms. The molecule has 1 N–H and O–H groups in total. The lowest BCUT2D eigenvalue weighted by molar-refractivity contribution is -0.140. The van der Waals surface area contributed by atoms with Crippen molar-refractivity contribution >= 4 is 7.28 Å². The van der Waals surface area contributed by atoms with Gasteiger partial charge in [-0.3, -0.25) is 0 Å². The van der Waals surface area contributed by atoms with Crippen LogP contribution in [0.3, 0.4) is 0 Å². The van der Waals surface area contributed by atoms with Crippen LogP contribution in [0.2, 0.25) is 13.1 Å². The van der Waals surface area contributed by atoms with E-state index in [9.17, 15) is 0 Å². The second-order valence-electron chi connectivity index (χ2n) is 3.91. The highest BCUT2D eigenvalue weighted by Gasteiger charge is 2.36. The molecule has 1 heterocycles. The predicted molar refractivity (Wildman–Crippen MR) is 54.2 cm³/mol. The summed E-state index contributed by atoms with van der Waals surface area (Å²) in [5, 5.41) is 3.25. The average molecular weight is 184 g/mol. The molecule has 1 aliphatic heterocycles. The monoisotopic (exact) mass is 184 g/mol. The molecule has 0 aromatic heterocycles. The third-order valence-corrected chi connectivity index (χ3v) is 2.34. The average Bonchev–Trinajstić information content (AvgIpc) is 2.42. The van der Waals surface area contributed by atoms with Crippen LogP contribution in [0.15, 0.2) is 0 Å². The largest absolute Gasteiger partial charge is 0.348 e. The van der Waals surface area contributed by atoms with Crippen molar-refractivity contribution in [2.75, 3.05) is 13.7 Å². The van der Waals surface area contributed by atoms with E-state index in [0.29, 0.717) is 12.6 Å². The maximum atomic E-state index is 5.75. The Bertz CT molecular complexity index is 164. The zero-order valence-corrected chi connectivity index (χ0v) is 8.96. The smallest absolute Gasteiger partial charge is 0.163 e. The van der Waals surface area contributed by atoms with Crippen molar-refractivity contribution in [1.29, 1.82) is 0 Å². The number of hydrogen-bond acceptors (Lipinski definition) is 3. The van der Waals surface area contributed by atoms with E-state index in [1.807, 2.05) is 20.9 Å². The standard InChI is InChI=1S/C9H19BNO2/c1-9(2)12-6-8(13-9)7(11-4)5-10-3/h7-8,11H,5-6H2,1-4H3.